The van der Waals surface area contributed by atoms with Crippen LogP contribution >= 0.6 is 0 Å². The lowest BCUT2D eigenvalue weighted by Crippen LogP contribution is -2.20. The van der Waals surface area contributed by atoms with Crippen molar-refractivity contribution in [1.29, 1.82) is 0 Å². The van der Waals surface area contributed by atoms with Gasteiger partial charge in [0.25, 0.3) is 0 Å². The molecule has 0 aliphatic heterocycles. The summed E-state index contributed by atoms with van der Waals surface area (Å²) in [7, 11) is 4.09. The first-order valence-electron chi connectivity index (χ1n) is 18.9. The maximum atomic E-state index is 12.5. The molecule has 0 N–H and O–H groups in total. The summed E-state index contributed by atoms with van der Waals surface area (Å²) in [5, 5.41) is 0. The highest BCUT2D eigenvalue weighted by Gasteiger charge is 2.15. The van der Waals surface area contributed by atoms with Crippen molar-refractivity contribution < 1.29 is 19.1 Å². The first kappa shape index (κ1) is 41.9. The van der Waals surface area contributed by atoms with Gasteiger partial charge in [-0.1, -0.05) is 130 Å². The molecule has 0 unspecified atom stereocenters. The van der Waals surface area contributed by atoms with Crippen LogP contribution < -0.4 is 0 Å². The first-order valence-corrected chi connectivity index (χ1v) is 18.9. The molecule has 5 nitrogen and oxygen atoms in total. The van der Waals surface area contributed by atoms with Crippen LogP contribution in [0.1, 0.15) is 194 Å². The van der Waals surface area contributed by atoms with Gasteiger partial charge in [0, 0.05) is 12.8 Å². The lowest BCUT2D eigenvalue weighted by molar-refractivity contribution is -0.150. The number of esters is 2. The Morgan fingerprint density at radius 2 is 0.953 bits per heavy atom. The second-order valence-electron chi connectivity index (χ2n) is 13.5. The maximum absolute atomic E-state index is 12.5. The van der Waals surface area contributed by atoms with Crippen LogP contribution in [-0.4, -0.2) is 50.2 Å². The van der Waals surface area contributed by atoms with E-state index in [1.165, 1.54) is 109 Å². The van der Waals surface area contributed by atoms with Crippen LogP contribution in [0.25, 0.3) is 0 Å². The Bertz CT molecular complexity index is 609. The Morgan fingerprint density at radius 1 is 0.512 bits per heavy atom. The molecule has 0 saturated heterocycles. The number of hydrogen-bond acceptors (Lipinski definition) is 5. The quantitative estimate of drug-likeness (QED) is 0.0547. The minimum absolute atomic E-state index is 0.00810. The largest absolute Gasteiger partial charge is 0.465 e. The highest BCUT2D eigenvalue weighted by molar-refractivity contribution is 5.69. The van der Waals surface area contributed by atoms with Crippen LogP contribution in [0, 0.1) is 5.92 Å². The number of carbonyl (C=O) groups excluding carboxylic acids is 2. The van der Waals surface area contributed by atoms with Crippen LogP contribution in [0.2, 0.25) is 0 Å². The van der Waals surface area contributed by atoms with Crippen LogP contribution in [0.4, 0.5) is 0 Å². The van der Waals surface area contributed by atoms with Crippen LogP contribution in [0.15, 0.2) is 0 Å². The van der Waals surface area contributed by atoms with E-state index in [0.29, 0.717) is 25.4 Å². The third-order valence-electron chi connectivity index (χ3n) is 8.73. The standard InChI is InChI=1S/C38H75NO4/c1-6-9-12-14-15-16-19-23-29-36(43-38(41)32-26-33-39(4)5)30-24-20-17-18-21-25-31-37(40)42-34-35(27-11-8-3)28-22-13-10-7-2/h35-36H,6-34H2,1-5H3/t35-,36+/m1/s1. The van der Waals surface area contributed by atoms with E-state index in [-0.39, 0.29) is 18.0 Å². The molecule has 0 saturated carbocycles. The van der Waals surface area contributed by atoms with Crippen molar-refractivity contribution in [3.63, 3.8) is 0 Å². The van der Waals surface area contributed by atoms with Crippen LogP contribution in [0.5, 0.6) is 0 Å². The minimum atomic E-state index is -0.0218. The highest BCUT2D eigenvalue weighted by atomic mass is 16.5. The van der Waals surface area contributed by atoms with Gasteiger partial charge in [0.15, 0.2) is 0 Å². The Labute approximate surface area is 269 Å². The van der Waals surface area contributed by atoms with Crippen molar-refractivity contribution in [2.75, 3.05) is 27.2 Å². The molecule has 256 valence electrons. The maximum Gasteiger partial charge on any atom is 0.306 e. The molecule has 0 rings (SSSR count). The predicted octanol–water partition coefficient (Wildman–Crippen LogP) is 11.2. The number of ether oxygens (including phenoxy) is 2. The van der Waals surface area contributed by atoms with E-state index in [2.05, 4.69) is 25.7 Å². The molecule has 0 aliphatic carbocycles. The number of rotatable bonds is 33. The van der Waals surface area contributed by atoms with Gasteiger partial charge in [-0.3, -0.25) is 9.59 Å². The van der Waals surface area contributed by atoms with E-state index in [1.54, 1.807) is 0 Å². The topological polar surface area (TPSA) is 55.8 Å². The van der Waals surface area contributed by atoms with E-state index in [9.17, 15) is 9.59 Å². The van der Waals surface area contributed by atoms with Gasteiger partial charge >= 0.3 is 11.9 Å². The summed E-state index contributed by atoms with van der Waals surface area (Å²) in [6.45, 7) is 8.29. The molecule has 2 atom stereocenters. The number of nitrogens with zero attached hydrogens (tertiary/aromatic N) is 1. The third kappa shape index (κ3) is 30.7. The monoisotopic (exact) mass is 610 g/mol. The first-order chi connectivity index (χ1) is 20.9. The molecule has 0 aliphatic rings. The zero-order valence-electron chi connectivity index (χ0n) is 29.7. The van der Waals surface area contributed by atoms with Gasteiger partial charge in [0.1, 0.15) is 6.10 Å². The van der Waals surface area contributed by atoms with Crippen molar-refractivity contribution in [2.24, 2.45) is 5.92 Å². The summed E-state index contributed by atoms with van der Waals surface area (Å²) in [5.41, 5.74) is 0. The Kier molecular flexibility index (Phi) is 31.5. The summed E-state index contributed by atoms with van der Waals surface area (Å²) < 4.78 is 11.6. The van der Waals surface area contributed by atoms with Gasteiger partial charge in [-0.25, -0.2) is 0 Å². The van der Waals surface area contributed by atoms with Crippen molar-refractivity contribution in [3.05, 3.63) is 0 Å². The summed E-state index contributed by atoms with van der Waals surface area (Å²) in [4.78, 5) is 26.9. The molecule has 0 radical (unpaired) electrons. The van der Waals surface area contributed by atoms with E-state index in [4.69, 9.17) is 9.47 Å². The fraction of sp³-hybridized carbons (Fsp3) is 0.947. The van der Waals surface area contributed by atoms with E-state index in [0.717, 1.165) is 57.9 Å². The zero-order chi connectivity index (χ0) is 31.8. The highest BCUT2D eigenvalue weighted by Crippen LogP contribution is 2.20. The number of hydrogen-bond donors (Lipinski definition) is 0. The van der Waals surface area contributed by atoms with Crippen molar-refractivity contribution in [3.8, 4) is 0 Å². The summed E-state index contributed by atoms with van der Waals surface area (Å²) in [6, 6.07) is 0. The molecule has 43 heavy (non-hydrogen) atoms. The van der Waals surface area contributed by atoms with Crippen LogP contribution in [0.3, 0.4) is 0 Å². The minimum Gasteiger partial charge on any atom is -0.465 e. The zero-order valence-corrected chi connectivity index (χ0v) is 29.7. The summed E-state index contributed by atoms with van der Waals surface area (Å²) in [6.07, 6.45) is 31.1. The van der Waals surface area contributed by atoms with Crippen molar-refractivity contribution in [2.45, 2.75) is 200 Å². The normalized spacial score (nSPS) is 12.9. The molecule has 0 spiro atoms. The Balaban J connectivity index is 4.14. The molecule has 0 aromatic heterocycles. The second-order valence-corrected chi connectivity index (χ2v) is 13.5. The Hall–Kier alpha value is -1.10. The molecular weight excluding hydrogens is 534 g/mol. The van der Waals surface area contributed by atoms with Gasteiger partial charge in [0.2, 0.25) is 0 Å². The van der Waals surface area contributed by atoms with E-state index < -0.39 is 0 Å². The van der Waals surface area contributed by atoms with E-state index >= 15 is 0 Å². The van der Waals surface area contributed by atoms with Crippen LogP contribution in [-0.2, 0) is 19.1 Å². The van der Waals surface area contributed by atoms with Gasteiger partial charge in [-0.2, -0.15) is 0 Å². The summed E-state index contributed by atoms with van der Waals surface area (Å²) in [5.74, 6) is 0.509. The summed E-state index contributed by atoms with van der Waals surface area (Å²) >= 11 is 0. The molecule has 0 amide bonds. The smallest absolute Gasteiger partial charge is 0.306 e. The van der Waals surface area contributed by atoms with Gasteiger partial charge in [-0.15, -0.1) is 0 Å². The second kappa shape index (κ2) is 32.3. The molecule has 0 bridgehead atoms. The van der Waals surface area contributed by atoms with E-state index in [1.807, 2.05) is 14.1 Å². The van der Waals surface area contributed by atoms with Gasteiger partial charge in [-0.05, 0) is 77.9 Å². The SMILES string of the molecule is CCCCCCCCCC[C@@H](CCCCCCCCC(=O)OC[C@H](CCCC)CCCCCC)OC(=O)CCCN(C)C. The molecule has 0 aromatic carbocycles. The predicted molar refractivity (Wildman–Crippen MR) is 185 cm³/mol. The van der Waals surface area contributed by atoms with Crippen molar-refractivity contribution in [1.82, 2.24) is 4.90 Å². The fourth-order valence-electron chi connectivity index (χ4n) is 5.85. The average molecular weight is 610 g/mol. The number of carbonyl (C=O) groups is 2. The fourth-order valence-corrected chi connectivity index (χ4v) is 5.85. The lowest BCUT2D eigenvalue weighted by atomic mass is 9.96. The van der Waals surface area contributed by atoms with Gasteiger partial charge < -0.3 is 14.4 Å². The van der Waals surface area contributed by atoms with Gasteiger partial charge in [0.05, 0.1) is 6.61 Å². The number of unbranched alkanes of at least 4 members (excludes halogenated alkanes) is 16. The molecule has 0 fully saturated rings. The third-order valence-corrected chi connectivity index (χ3v) is 8.73. The molecular formula is C38H75NO4. The molecule has 0 aromatic rings. The Morgan fingerprint density at radius 3 is 1.51 bits per heavy atom. The molecule has 5 heteroatoms. The lowest BCUT2D eigenvalue weighted by Gasteiger charge is -2.18. The average Bonchev–Trinajstić information content (AvgIpc) is 2.98. The molecule has 0 heterocycles. The van der Waals surface area contributed by atoms with Crippen molar-refractivity contribution >= 4 is 11.9 Å².